The Morgan fingerprint density at radius 2 is 2.00 bits per heavy atom. The van der Waals surface area contributed by atoms with Gasteiger partial charge in [-0.15, -0.1) is 11.8 Å². The van der Waals surface area contributed by atoms with E-state index in [-0.39, 0.29) is 0 Å². The Morgan fingerprint density at radius 3 is 2.71 bits per heavy atom. The molecule has 1 nitrogen and oxygen atoms in total. The van der Waals surface area contributed by atoms with E-state index in [2.05, 4.69) is 50.4 Å². The molecule has 17 heavy (non-hydrogen) atoms. The second-order valence-corrected chi connectivity index (χ2v) is 5.95. The largest absolute Gasteiger partial charge is 0.313 e. The van der Waals surface area contributed by atoms with Gasteiger partial charge in [-0.3, -0.25) is 0 Å². The first-order chi connectivity index (χ1) is 8.24. The van der Waals surface area contributed by atoms with Crippen LogP contribution < -0.4 is 5.32 Å². The fourth-order valence-electron chi connectivity index (χ4n) is 1.60. The van der Waals surface area contributed by atoms with Crippen molar-refractivity contribution in [3.63, 3.8) is 0 Å². The molecule has 0 aliphatic heterocycles. The molecule has 0 radical (unpaired) electrons. The molecule has 0 amide bonds. The first kappa shape index (κ1) is 14.6. The third kappa shape index (κ3) is 6.13. The molecule has 0 saturated carbocycles. The van der Waals surface area contributed by atoms with Crippen molar-refractivity contribution in [1.82, 2.24) is 5.32 Å². The SMILES string of the molecule is CCCNCc1ccccc1SCCC(C)C. The maximum Gasteiger partial charge on any atom is 0.0216 e. The van der Waals surface area contributed by atoms with E-state index in [4.69, 9.17) is 0 Å². The smallest absolute Gasteiger partial charge is 0.0216 e. The van der Waals surface area contributed by atoms with Gasteiger partial charge in [0.05, 0.1) is 0 Å². The molecule has 1 N–H and O–H groups in total. The minimum atomic E-state index is 0.799. The van der Waals surface area contributed by atoms with Crippen molar-refractivity contribution in [2.24, 2.45) is 5.92 Å². The summed E-state index contributed by atoms with van der Waals surface area (Å²) >= 11 is 1.99. The van der Waals surface area contributed by atoms with Gasteiger partial charge in [-0.25, -0.2) is 0 Å². The lowest BCUT2D eigenvalue weighted by molar-refractivity contribution is 0.631. The van der Waals surface area contributed by atoms with Crippen molar-refractivity contribution in [3.05, 3.63) is 29.8 Å². The maximum atomic E-state index is 3.48. The summed E-state index contributed by atoms with van der Waals surface area (Å²) in [6, 6.07) is 8.75. The van der Waals surface area contributed by atoms with Crippen molar-refractivity contribution in [3.8, 4) is 0 Å². The zero-order valence-corrected chi connectivity index (χ0v) is 12.1. The van der Waals surface area contributed by atoms with Gasteiger partial charge in [0.1, 0.15) is 0 Å². The van der Waals surface area contributed by atoms with Crippen LogP contribution in [0.5, 0.6) is 0 Å². The van der Waals surface area contributed by atoms with Gasteiger partial charge < -0.3 is 5.32 Å². The average Bonchev–Trinajstić information content (AvgIpc) is 2.31. The van der Waals surface area contributed by atoms with E-state index in [1.807, 2.05) is 11.8 Å². The molecular weight excluding hydrogens is 226 g/mol. The van der Waals surface area contributed by atoms with Crippen molar-refractivity contribution < 1.29 is 0 Å². The molecule has 1 rings (SSSR count). The number of nitrogens with one attached hydrogen (secondary N) is 1. The van der Waals surface area contributed by atoms with Crippen LogP contribution in [0.15, 0.2) is 29.2 Å². The fourth-order valence-corrected chi connectivity index (χ4v) is 2.90. The van der Waals surface area contributed by atoms with Gasteiger partial charge in [-0.1, -0.05) is 39.0 Å². The normalized spacial score (nSPS) is 11.1. The monoisotopic (exact) mass is 251 g/mol. The van der Waals surface area contributed by atoms with Crippen molar-refractivity contribution >= 4 is 11.8 Å². The van der Waals surface area contributed by atoms with Gasteiger partial charge >= 0.3 is 0 Å². The van der Waals surface area contributed by atoms with Crippen LogP contribution in [0, 0.1) is 5.92 Å². The standard InChI is InChI=1S/C15H25NS/c1-4-10-16-12-14-7-5-6-8-15(14)17-11-9-13(2)3/h5-8,13,16H,4,9-12H2,1-3H3. The molecule has 0 unspecified atom stereocenters. The number of hydrogen-bond acceptors (Lipinski definition) is 2. The topological polar surface area (TPSA) is 12.0 Å². The van der Waals surface area contributed by atoms with Gasteiger partial charge in [-0.2, -0.15) is 0 Å². The summed E-state index contributed by atoms with van der Waals surface area (Å²) < 4.78 is 0. The van der Waals surface area contributed by atoms with E-state index in [9.17, 15) is 0 Å². The van der Waals surface area contributed by atoms with Crippen LogP contribution in [-0.4, -0.2) is 12.3 Å². The van der Waals surface area contributed by atoms with Crippen LogP contribution in [0.2, 0.25) is 0 Å². The molecule has 0 aromatic heterocycles. The molecular formula is C15H25NS. The Kier molecular flexibility index (Phi) is 7.38. The molecule has 0 bridgehead atoms. The highest BCUT2D eigenvalue weighted by Crippen LogP contribution is 2.24. The van der Waals surface area contributed by atoms with Crippen molar-refractivity contribution in [2.75, 3.05) is 12.3 Å². The molecule has 0 fully saturated rings. The van der Waals surface area contributed by atoms with Crippen LogP contribution in [-0.2, 0) is 6.54 Å². The van der Waals surface area contributed by atoms with Gasteiger partial charge in [0.15, 0.2) is 0 Å². The van der Waals surface area contributed by atoms with Crippen LogP contribution in [0.1, 0.15) is 39.2 Å². The van der Waals surface area contributed by atoms with E-state index in [1.165, 1.54) is 29.1 Å². The van der Waals surface area contributed by atoms with Crippen LogP contribution >= 0.6 is 11.8 Å². The molecule has 0 spiro atoms. The molecule has 1 aromatic rings. The highest BCUT2D eigenvalue weighted by atomic mass is 32.2. The summed E-state index contributed by atoms with van der Waals surface area (Å²) in [5.41, 5.74) is 1.44. The molecule has 0 aliphatic rings. The molecule has 0 saturated heterocycles. The van der Waals surface area contributed by atoms with Crippen molar-refractivity contribution in [1.29, 1.82) is 0 Å². The Bertz CT molecular complexity index is 310. The summed E-state index contributed by atoms with van der Waals surface area (Å²) in [6.45, 7) is 8.88. The minimum Gasteiger partial charge on any atom is -0.313 e. The summed E-state index contributed by atoms with van der Waals surface area (Å²) in [5.74, 6) is 2.02. The zero-order chi connectivity index (χ0) is 12.5. The highest BCUT2D eigenvalue weighted by Gasteiger charge is 2.02. The Labute approximate surface area is 110 Å². The molecule has 0 atom stereocenters. The molecule has 1 aromatic carbocycles. The number of benzene rings is 1. The van der Waals surface area contributed by atoms with Crippen LogP contribution in [0.4, 0.5) is 0 Å². The summed E-state index contributed by atoms with van der Waals surface area (Å²) in [5, 5.41) is 3.48. The second kappa shape index (κ2) is 8.60. The summed E-state index contributed by atoms with van der Waals surface area (Å²) in [7, 11) is 0. The summed E-state index contributed by atoms with van der Waals surface area (Å²) in [4.78, 5) is 1.44. The Hall–Kier alpha value is -0.470. The third-order valence-electron chi connectivity index (χ3n) is 2.67. The number of rotatable bonds is 8. The van der Waals surface area contributed by atoms with Gasteiger partial charge in [-0.05, 0) is 42.7 Å². The summed E-state index contributed by atoms with van der Waals surface area (Å²) in [6.07, 6.45) is 2.49. The molecule has 0 heterocycles. The van der Waals surface area contributed by atoms with E-state index in [0.717, 1.165) is 19.0 Å². The lowest BCUT2D eigenvalue weighted by atomic mass is 10.2. The predicted molar refractivity (Wildman–Crippen MR) is 78.6 cm³/mol. The highest BCUT2D eigenvalue weighted by molar-refractivity contribution is 7.99. The zero-order valence-electron chi connectivity index (χ0n) is 11.3. The Balaban J connectivity index is 2.46. The van der Waals surface area contributed by atoms with Gasteiger partial charge in [0, 0.05) is 11.4 Å². The second-order valence-electron chi connectivity index (χ2n) is 4.82. The predicted octanol–water partition coefficient (Wildman–Crippen LogP) is 4.32. The van der Waals surface area contributed by atoms with Gasteiger partial charge in [0.25, 0.3) is 0 Å². The number of hydrogen-bond donors (Lipinski definition) is 1. The van der Waals surface area contributed by atoms with Crippen LogP contribution in [0.3, 0.4) is 0 Å². The minimum absolute atomic E-state index is 0.799. The fraction of sp³-hybridized carbons (Fsp3) is 0.600. The van der Waals surface area contributed by atoms with Crippen molar-refractivity contribution in [2.45, 2.75) is 45.1 Å². The van der Waals surface area contributed by atoms with Gasteiger partial charge in [0.2, 0.25) is 0 Å². The van der Waals surface area contributed by atoms with E-state index < -0.39 is 0 Å². The van der Waals surface area contributed by atoms with E-state index >= 15 is 0 Å². The van der Waals surface area contributed by atoms with Crippen LogP contribution in [0.25, 0.3) is 0 Å². The number of thioether (sulfide) groups is 1. The quantitative estimate of drug-likeness (QED) is 0.545. The molecule has 2 heteroatoms. The third-order valence-corrected chi connectivity index (χ3v) is 3.82. The first-order valence-electron chi connectivity index (χ1n) is 6.65. The molecule has 96 valence electrons. The lowest BCUT2D eigenvalue weighted by Crippen LogP contribution is -2.14. The van der Waals surface area contributed by atoms with E-state index in [0.29, 0.717) is 0 Å². The lowest BCUT2D eigenvalue weighted by Gasteiger charge is -2.10. The maximum absolute atomic E-state index is 3.48. The Morgan fingerprint density at radius 1 is 1.24 bits per heavy atom. The first-order valence-corrected chi connectivity index (χ1v) is 7.64. The molecule has 0 aliphatic carbocycles. The average molecular weight is 251 g/mol. The van der Waals surface area contributed by atoms with E-state index in [1.54, 1.807) is 0 Å².